The highest BCUT2D eigenvalue weighted by Crippen LogP contribution is 2.31. The van der Waals surface area contributed by atoms with Gasteiger partial charge in [-0.25, -0.2) is 0 Å². The molecule has 296 valence electrons. The molecule has 0 amide bonds. The molecule has 0 radical (unpaired) electrons. The SMILES string of the molecule is [2H]C([2H])([2H])C(C)(CCCCCCCCCCC(C)(CC(=O)O)C([2H])([2H])[2H])CC(=O)O.[2H]C([2H])([2H])C(C)(CCCCCCCCCCC(C)(CC(=O)OCC)C([2H])([2H])[2H])CC(C)=O. The fourth-order valence-corrected chi connectivity index (χ4v) is 6.28. The number of carbonyl (C=O) groups excluding carboxylic acids is 2. The molecule has 0 fully saturated rings. The van der Waals surface area contributed by atoms with Crippen LogP contribution in [0.2, 0.25) is 0 Å². The van der Waals surface area contributed by atoms with Crippen molar-refractivity contribution in [2.75, 3.05) is 6.61 Å². The van der Waals surface area contributed by atoms with Gasteiger partial charge in [-0.1, -0.05) is 158 Å². The Morgan fingerprint density at radius 1 is 0.480 bits per heavy atom. The summed E-state index contributed by atoms with van der Waals surface area (Å²) in [5.74, 6) is -2.72. The van der Waals surface area contributed by atoms with E-state index in [9.17, 15) is 19.2 Å². The van der Waals surface area contributed by atoms with Gasteiger partial charge in [-0.15, -0.1) is 0 Å². The minimum Gasteiger partial charge on any atom is -0.481 e. The number of ketones is 1. The Labute approximate surface area is 325 Å². The smallest absolute Gasteiger partial charge is 0.306 e. The first-order valence-corrected chi connectivity index (χ1v) is 19.2. The Hall–Kier alpha value is -1.92. The molecular formula is C43H82O7. The van der Waals surface area contributed by atoms with Gasteiger partial charge >= 0.3 is 17.9 Å². The average Bonchev–Trinajstić information content (AvgIpc) is 3.07. The molecule has 0 saturated carbocycles. The van der Waals surface area contributed by atoms with Gasteiger partial charge in [0, 0.05) is 22.9 Å². The van der Waals surface area contributed by atoms with Gasteiger partial charge in [0.05, 0.1) is 25.9 Å². The number of Topliss-reactive ketones (excluding diaryl/α,β-unsaturated/α-hetero) is 1. The van der Waals surface area contributed by atoms with E-state index in [1.54, 1.807) is 20.8 Å². The molecule has 0 bridgehead atoms. The van der Waals surface area contributed by atoms with Gasteiger partial charge < -0.3 is 19.7 Å². The molecule has 4 unspecified atom stereocenters. The molecule has 0 spiro atoms. The van der Waals surface area contributed by atoms with Gasteiger partial charge in [0.25, 0.3) is 0 Å². The van der Waals surface area contributed by atoms with Crippen LogP contribution in [0.4, 0.5) is 0 Å². The Kier molecular flexibility index (Phi) is 17.5. The summed E-state index contributed by atoms with van der Waals surface area (Å²) in [7, 11) is 0. The number of esters is 1. The van der Waals surface area contributed by atoms with Gasteiger partial charge in [-0.3, -0.25) is 14.4 Å². The van der Waals surface area contributed by atoms with Crippen molar-refractivity contribution in [2.45, 2.75) is 223 Å². The number of carboxylic acid groups (broad SMARTS) is 2. The van der Waals surface area contributed by atoms with Crippen molar-refractivity contribution in [3.05, 3.63) is 0 Å². The topological polar surface area (TPSA) is 118 Å². The van der Waals surface area contributed by atoms with Crippen LogP contribution in [0.3, 0.4) is 0 Å². The molecule has 7 nitrogen and oxygen atoms in total. The molecule has 0 aromatic carbocycles. The lowest BCUT2D eigenvalue weighted by atomic mass is 9.82. The van der Waals surface area contributed by atoms with Crippen LogP contribution in [0.25, 0.3) is 0 Å². The van der Waals surface area contributed by atoms with Crippen LogP contribution in [0.1, 0.15) is 239 Å². The fraction of sp³-hybridized carbons (Fsp3) is 0.907. The predicted molar refractivity (Wildman–Crippen MR) is 209 cm³/mol. The van der Waals surface area contributed by atoms with Crippen molar-refractivity contribution < 1.29 is 50.6 Å². The molecule has 0 aliphatic heterocycles. The third-order valence-corrected chi connectivity index (χ3v) is 8.98. The molecule has 0 aromatic heterocycles. The second kappa shape index (κ2) is 27.7. The molecule has 4 atom stereocenters. The number of rotatable bonds is 31. The van der Waals surface area contributed by atoms with Crippen molar-refractivity contribution in [2.24, 2.45) is 21.7 Å². The number of aliphatic carboxylic acids is 2. The molecule has 2 N–H and O–H groups in total. The maximum atomic E-state index is 11.8. The van der Waals surface area contributed by atoms with Crippen molar-refractivity contribution in [1.29, 1.82) is 0 Å². The van der Waals surface area contributed by atoms with E-state index in [2.05, 4.69) is 0 Å². The quantitative estimate of drug-likeness (QED) is 0.0540. The number of ether oxygens (including phenoxy) is 1. The summed E-state index contributed by atoms with van der Waals surface area (Å²) in [5, 5.41) is 18.0. The first-order valence-electron chi connectivity index (χ1n) is 25.2. The molecule has 0 heterocycles. The first kappa shape index (κ1) is 31.6. The Balaban J connectivity index is 0. The van der Waals surface area contributed by atoms with E-state index in [0.29, 0.717) is 38.5 Å². The number of hydrogen-bond acceptors (Lipinski definition) is 5. The zero-order valence-corrected chi connectivity index (χ0v) is 32.6. The Morgan fingerprint density at radius 3 is 0.980 bits per heavy atom. The molecule has 0 saturated heterocycles. The summed E-state index contributed by atoms with van der Waals surface area (Å²) in [5.41, 5.74) is -4.42. The zero-order valence-electron chi connectivity index (χ0n) is 44.6. The van der Waals surface area contributed by atoms with Gasteiger partial charge in [0.15, 0.2) is 0 Å². The van der Waals surface area contributed by atoms with Crippen LogP contribution in [-0.2, 0) is 23.9 Å². The van der Waals surface area contributed by atoms with E-state index in [0.717, 1.165) is 89.9 Å². The summed E-state index contributed by atoms with van der Waals surface area (Å²) in [4.78, 5) is 45.2. The normalized spacial score (nSPS) is 20.7. The second-order valence-corrected chi connectivity index (χ2v) is 15.9. The molecule has 7 heteroatoms. The predicted octanol–water partition coefficient (Wildman–Crippen LogP) is 12.8. The highest BCUT2D eigenvalue weighted by Gasteiger charge is 2.23. The van der Waals surface area contributed by atoms with E-state index in [1.807, 2.05) is 0 Å². The van der Waals surface area contributed by atoms with Crippen LogP contribution in [-0.4, -0.2) is 40.5 Å². The van der Waals surface area contributed by atoms with Gasteiger partial charge in [-0.2, -0.15) is 0 Å². The summed E-state index contributed by atoms with van der Waals surface area (Å²) >= 11 is 0. The molecule has 0 rings (SSSR count). The highest BCUT2D eigenvalue weighted by molar-refractivity contribution is 5.76. The van der Waals surface area contributed by atoms with Crippen LogP contribution in [0, 0.1) is 21.7 Å². The van der Waals surface area contributed by atoms with Crippen molar-refractivity contribution in [3.8, 4) is 0 Å². The second-order valence-electron chi connectivity index (χ2n) is 15.9. The van der Waals surface area contributed by atoms with E-state index in [4.69, 9.17) is 31.4 Å². The lowest BCUT2D eigenvalue weighted by Gasteiger charge is -2.23. The van der Waals surface area contributed by atoms with Crippen LogP contribution >= 0.6 is 0 Å². The van der Waals surface area contributed by atoms with Crippen molar-refractivity contribution >= 4 is 23.7 Å². The Morgan fingerprint density at radius 2 is 0.740 bits per heavy atom. The number of carbonyl (C=O) groups is 4. The summed E-state index contributed by atoms with van der Waals surface area (Å²) < 4.78 is 97.3. The largest absolute Gasteiger partial charge is 0.481 e. The number of hydrogen-bond donors (Lipinski definition) is 2. The van der Waals surface area contributed by atoms with E-state index < -0.39 is 67.0 Å². The molecule has 0 aliphatic rings. The number of carboxylic acids is 2. The minimum atomic E-state index is -2.30. The first-order chi connectivity index (χ1) is 28.1. The molecule has 0 aliphatic carbocycles. The van der Waals surface area contributed by atoms with Crippen LogP contribution in [0.5, 0.6) is 0 Å². The van der Waals surface area contributed by atoms with Gasteiger partial charge in [-0.05, 0) is 61.2 Å². The maximum Gasteiger partial charge on any atom is 0.306 e. The lowest BCUT2D eigenvalue weighted by Crippen LogP contribution is -2.18. The fourth-order valence-electron chi connectivity index (χ4n) is 6.28. The van der Waals surface area contributed by atoms with E-state index >= 15 is 0 Å². The maximum absolute atomic E-state index is 11.8. The zero-order chi connectivity index (χ0) is 48.7. The molecular weight excluding hydrogens is 628 g/mol. The van der Waals surface area contributed by atoms with E-state index in [1.165, 1.54) is 20.8 Å². The van der Waals surface area contributed by atoms with E-state index in [-0.39, 0.29) is 38.1 Å². The van der Waals surface area contributed by atoms with Crippen molar-refractivity contribution in [3.63, 3.8) is 0 Å². The summed E-state index contributed by atoms with van der Waals surface area (Å²) in [6.45, 7) is 0.862. The summed E-state index contributed by atoms with van der Waals surface area (Å²) in [6.07, 6.45) is 15.4. The Bertz CT molecular complexity index is 1270. The molecule has 0 aromatic rings. The minimum absolute atomic E-state index is 0.0829. The van der Waals surface area contributed by atoms with Gasteiger partial charge in [0.1, 0.15) is 5.78 Å². The lowest BCUT2D eigenvalue weighted by molar-refractivity contribution is -0.145. The van der Waals surface area contributed by atoms with Crippen LogP contribution < -0.4 is 0 Å². The highest BCUT2D eigenvalue weighted by atomic mass is 16.5. The monoisotopic (exact) mass is 723 g/mol. The average molecular weight is 723 g/mol. The number of unbranched alkanes of at least 4 members (excludes halogenated alkanes) is 14. The van der Waals surface area contributed by atoms with Crippen molar-refractivity contribution in [1.82, 2.24) is 0 Å². The van der Waals surface area contributed by atoms with Crippen LogP contribution in [0.15, 0.2) is 0 Å². The van der Waals surface area contributed by atoms with Gasteiger partial charge in [0.2, 0.25) is 0 Å². The third-order valence-electron chi connectivity index (χ3n) is 8.98. The standard InChI is InChI=1S/C23H44O3.C20H38O4/c1-7-26-21(25)19-23(5,6)17-15-13-11-9-8-10-12-14-16-22(3,4)18-20(2)24;1-19(2,15-17(21)22)13-11-9-7-5-6-8-10-12-14-20(3,4)16-18(23)24/h7-19H2,1-6H3;5-16H2,1-4H3,(H,21,22)(H,23,24)/i3D3,5D3;1D3,3D3. The third kappa shape index (κ3) is 35.9. The molecule has 50 heavy (non-hydrogen) atoms. The summed E-state index contributed by atoms with van der Waals surface area (Å²) in [6, 6.07) is 0.